The smallest absolute Gasteiger partial charge is 0.251 e. The van der Waals surface area contributed by atoms with Gasteiger partial charge >= 0.3 is 0 Å². The predicted molar refractivity (Wildman–Crippen MR) is 123 cm³/mol. The highest BCUT2D eigenvalue weighted by atomic mass is 32.2. The van der Waals surface area contributed by atoms with Crippen molar-refractivity contribution in [2.45, 2.75) is 19.9 Å². The molecule has 1 aromatic heterocycles. The molecular weight excluding hydrogens is 450 g/mol. The largest absolute Gasteiger partial charge is 0.379 e. The maximum atomic E-state index is 12.8. The molecule has 2 amide bonds. The molecule has 2 aliphatic heterocycles. The van der Waals surface area contributed by atoms with Gasteiger partial charge in [0.2, 0.25) is 15.9 Å². The summed E-state index contributed by atoms with van der Waals surface area (Å²) in [4.78, 5) is 28.8. The zero-order chi connectivity index (χ0) is 22.9. The number of thiophene rings is 1. The molecule has 0 spiro atoms. The van der Waals surface area contributed by atoms with Crippen LogP contribution in [0.5, 0.6) is 0 Å². The monoisotopic (exact) mass is 477 g/mol. The number of nitrogens with zero attached hydrogens (tertiary/aromatic N) is 2. The fourth-order valence-electron chi connectivity index (χ4n) is 4.08. The van der Waals surface area contributed by atoms with Crippen molar-refractivity contribution in [2.24, 2.45) is 5.41 Å². The van der Waals surface area contributed by atoms with Crippen molar-refractivity contribution in [3.05, 3.63) is 52.2 Å². The Kier molecular flexibility index (Phi) is 6.39. The zero-order valence-electron chi connectivity index (χ0n) is 18.1. The molecule has 10 heteroatoms. The number of morpholine rings is 1. The molecule has 3 heterocycles. The average molecular weight is 478 g/mol. The Labute approximate surface area is 192 Å². The topological polar surface area (TPSA) is 96.0 Å². The number of anilines is 1. The van der Waals surface area contributed by atoms with Crippen LogP contribution in [-0.4, -0.2) is 63.7 Å². The highest BCUT2D eigenvalue weighted by Crippen LogP contribution is 2.35. The van der Waals surface area contributed by atoms with Gasteiger partial charge in [0.25, 0.3) is 5.91 Å². The van der Waals surface area contributed by atoms with E-state index in [1.165, 1.54) is 17.0 Å². The SMILES string of the molecule is CC1(C)CS(=O)(=O)N(c2ccc(C(=O)NCC(c3cccs3)N3CCOCC3)cc2)C1=O. The quantitative estimate of drug-likeness (QED) is 0.686. The molecule has 2 fully saturated rings. The first-order valence-corrected chi connectivity index (χ1v) is 13.0. The van der Waals surface area contributed by atoms with Crippen LogP contribution in [-0.2, 0) is 19.6 Å². The van der Waals surface area contributed by atoms with Crippen LogP contribution in [0.1, 0.15) is 35.1 Å². The van der Waals surface area contributed by atoms with Gasteiger partial charge in [0, 0.05) is 30.1 Å². The lowest BCUT2D eigenvalue weighted by molar-refractivity contribution is -0.123. The van der Waals surface area contributed by atoms with Gasteiger partial charge in [-0.2, -0.15) is 0 Å². The molecule has 172 valence electrons. The van der Waals surface area contributed by atoms with Gasteiger partial charge in [0.15, 0.2) is 0 Å². The number of amides is 2. The Morgan fingerprint density at radius 2 is 1.88 bits per heavy atom. The normalized spacial score (nSPS) is 21.4. The second kappa shape index (κ2) is 8.93. The molecule has 0 aliphatic carbocycles. The number of rotatable bonds is 6. The van der Waals surface area contributed by atoms with Gasteiger partial charge in [-0.05, 0) is 49.6 Å². The van der Waals surface area contributed by atoms with Gasteiger partial charge in [-0.15, -0.1) is 11.3 Å². The molecule has 1 atom stereocenters. The van der Waals surface area contributed by atoms with Gasteiger partial charge in [-0.25, -0.2) is 12.7 Å². The third-order valence-electron chi connectivity index (χ3n) is 5.76. The summed E-state index contributed by atoms with van der Waals surface area (Å²) in [6, 6.07) is 10.2. The third-order valence-corrected chi connectivity index (χ3v) is 8.76. The minimum atomic E-state index is -3.72. The van der Waals surface area contributed by atoms with Crippen LogP contribution in [0.4, 0.5) is 5.69 Å². The van der Waals surface area contributed by atoms with Crippen LogP contribution in [0.25, 0.3) is 0 Å². The first kappa shape index (κ1) is 22.9. The Morgan fingerprint density at radius 1 is 1.19 bits per heavy atom. The molecule has 8 nitrogen and oxygen atoms in total. The molecule has 4 rings (SSSR count). The number of hydrogen-bond acceptors (Lipinski definition) is 7. The molecule has 1 unspecified atom stereocenters. The van der Waals surface area contributed by atoms with Crippen LogP contribution >= 0.6 is 11.3 Å². The molecule has 2 aromatic rings. The summed E-state index contributed by atoms with van der Waals surface area (Å²) in [5, 5.41) is 5.02. The van der Waals surface area contributed by atoms with E-state index in [0.29, 0.717) is 25.3 Å². The van der Waals surface area contributed by atoms with E-state index in [2.05, 4.69) is 16.3 Å². The molecule has 1 aromatic carbocycles. The first-order valence-electron chi connectivity index (χ1n) is 10.5. The van der Waals surface area contributed by atoms with Gasteiger partial charge < -0.3 is 10.1 Å². The lowest BCUT2D eigenvalue weighted by atomic mass is 9.95. The number of carbonyl (C=O) groups excluding carboxylic acids is 2. The van der Waals surface area contributed by atoms with E-state index in [9.17, 15) is 18.0 Å². The maximum Gasteiger partial charge on any atom is 0.251 e. The molecule has 0 radical (unpaired) electrons. The van der Waals surface area contributed by atoms with E-state index >= 15 is 0 Å². The van der Waals surface area contributed by atoms with Gasteiger partial charge in [0.05, 0.1) is 36.1 Å². The zero-order valence-corrected chi connectivity index (χ0v) is 19.7. The standard InChI is InChI=1S/C22H27N3O5S2/c1-22(2)15-32(28,29)25(21(22)27)17-7-5-16(6-8-17)20(26)23-14-18(19-4-3-13-31-19)24-9-11-30-12-10-24/h3-8,13,18H,9-12,14-15H2,1-2H3,(H,23,26). The second-order valence-corrected chi connectivity index (χ2v) is 11.4. The second-order valence-electron chi connectivity index (χ2n) is 8.65. The van der Waals surface area contributed by atoms with Crippen LogP contribution in [0.15, 0.2) is 41.8 Å². The molecule has 0 bridgehead atoms. The molecule has 2 aliphatic rings. The summed E-state index contributed by atoms with van der Waals surface area (Å²) in [5.74, 6) is -0.937. The molecule has 2 saturated heterocycles. The summed E-state index contributed by atoms with van der Waals surface area (Å²) in [6.07, 6.45) is 0. The molecule has 0 saturated carbocycles. The molecule has 1 N–H and O–H groups in total. The van der Waals surface area contributed by atoms with Crippen molar-refractivity contribution < 1.29 is 22.7 Å². The van der Waals surface area contributed by atoms with E-state index in [1.807, 2.05) is 11.4 Å². The van der Waals surface area contributed by atoms with Crippen LogP contribution < -0.4 is 9.62 Å². The summed E-state index contributed by atoms with van der Waals surface area (Å²) in [7, 11) is -3.72. The van der Waals surface area contributed by atoms with Crippen LogP contribution in [0.2, 0.25) is 0 Å². The number of nitrogens with one attached hydrogen (secondary N) is 1. The lowest BCUT2D eigenvalue weighted by Gasteiger charge is -2.34. The van der Waals surface area contributed by atoms with Gasteiger partial charge in [0.1, 0.15) is 0 Å². The van der Waals surface area contributed by atoms with Crippen molar-refractivity contribution in [1.82, 2.24) is 10.2 Å². The predicted octanol–water partition coefficient (Wildman–Crippen LogP) is 2.25. The summed E-state index contributed by atoms with van der Waals surface area (Å²) in [6.45, 7) is 6.65. The highest BCUT2D eigenvalue weighted by molar-refractivity contribution is 7.94. The van der Waals surface area contributed by atoms with E-state index in [4.69, 9.17) is 4.74 Å². The number of ether oxygens (including phenoxy) is 1. The van der Waals surface area contributed by atoms with Crippen molar-refractivity contribution >= 4 is 38.9 Å². The first-order chi connectivity index (χ1) is 15.2. The van der Waals surface area contributed by atoms with Crippen molar-refractivity contribution in [3.8, 4) is 0 Å². The van der Waals surface area contributed by atoms with Crippen molar-refractivity contribution in [1.29, 1.82) is 0 Å². The van der Waals surface area contributed by atoms with Crippen LogP contribution in [0, 0.1) is 5.41 Å². The Morgan fingerprint density at radius 3 is 2.44 bits per heavy atom. The third kappa shape index (κ3) is 4.59. The van der Waals surface area contributed by atoms with E-state index in [-0.39, 0.29) is 23.4 Å². The average Bonchev–Trinajstić information content (AvgIpc) is 3.33. The Bertz CT molecular complexity index is 1080. The number of benzene rings is 1. The summed E-state index contributed by atoms with van der Waals surface area (Å²) in [5.41, 5.74) is -0.309. The van der Waals surface area contributed by atoms with E-state index in [1.54, 1.807) is 37.3 Å². The maximum absolute atomic E-state index is 12.8. The van der Waals surface area contributed by atoms with E-state index < -0.39 is 21.3 Å². The Balaban J connectivity index is 1.45. The molecular formula is C22H27N3O5S2. The summed E-state index contributed by atoms with van der Waals surface area (Å²) < 4.78 is 31.2. The number of hydrogen-bond donors (Lipinski definition) is 1. The lowest BCUT2D eigenvalue weighted by Crippen LogP contribution is -2.43. The molecule has 32 heavy (non-hydrogen) atoms. The van der Waals surface area contributed by atoms with Crippen LogP contribution in [0.3, 0.4) is 0 Å². The van der Waals surface area contributed by atoms with Gasteiger partial charge in [-0.1, -0.05) is 6.07 Å². The minimum Gasteiger partial charge on any atom is -0.379 e. The fourth-order valence-corrected chi connectivity index (χ4v) is 7.05. The minimum absolute atomic E-state index is 0.0664. The number of carbonyl (C=O) groups is 2. The van der Waals surface area contributed by atoms with Crippen molar-refractivity contribution in [3.63, 3.8) is 0 Å². The Hall–Kier alpha value is -2.27. The van der Waals surface area contributed by atoms with E-state index in [0.717, 1.165) is 17.4 Å². The van der Waals surface area contributed by atoms with Crippen molar-refractivity contribution in [2.75, 3.05) is 42.9 Å². The van der Waals surface area contributed by atoms with Gasteiger partial charge in [-0.3, -0.25) is 14.5 Å². The fraction of sp³-hybridized carbons (Fsp3) is 0.455. The highest BCUT2D eigenvalue weighted by Gasteiger charge is 2.49. The summed E-state index contributed by atoms with van der Waals surface area (Å²) >= 11 is 1.66. The number of sulfonamides is 1.